The Labute approximate surface area is 113 Å². The van der Waals surface area contributed by atoms with Gasteiger partial charge in [0.15, 0.2) is 0 Å². The minimum atomic E-state index is 0.109. The molecule has 0 aliphatic rings. The zero-order chi connectivity index (χ0) is 13.1. The maximum Gasteiger partial charge on any atom is 0.124 e. The van der Waals surface area contributed by atoms with Crippen LogP contribution in [0.3, 0.4) is 0 Å². The molecule has 0 heterocycles. The molecule has 0 aliphatic heterocycles. The van der Waals surface area contributed by atoms with Crippen LogP contribution in [-0.4, -0.2) is 11.6 Å². The molecule has 1 aromatic carbocycles. The van der Waals surface area contributed by atoms with Gasteiger partial charge in [0.05, 0.1) is 6.10 Å². The summed E-state index contributed by atoms with van der Waals surface area (Å²) in [6.45, 7) is 11.4. The highest BCUT2D eigenvalue weighted by molar-refractivity contribution is 9.10. The van der Waals surface area contributed by atoms with Crippen molar-refractivity contribution in [3.8, 4) is 5.75 Å². The Kier molecular flexibility index (Phi) is 5.02. The van der Waals surface area contributed by atoms with Crippen LogP contribution >= 0.6 is 15.9 Å². The highest BCUT2D eigenvalue weighted by atomic mass is 79.9. The van der Waals surface area contributed by atoms with E-state index in [9.17, 15) is 0 Å². The maximum atomic E-state index is 5.80. The Balaban J connectivity index is 2.83. The third-order valence-corrected chi connectivity index (χ3v) is 2.69. The average Bonchev–Trinajstić information content (AvgIpc) is 2.16. The smallest absolute Gasteiger partial charge is 0.124 e. The van der Waals surface area contributed by atoms with Gasteiger partial charge in [-0.3, -0.25) is 0 Å². The monoisotopic (exact) mass is 299 g/mol. The Morgan fingerprint density at radius 3 is 2.47 bits per heavy atom. The van der Waals surface area contributed by atoms with Gasteiger partial charge in [-0.15, -0.1) is 0 Å². The number of rotatable bonds is 4. The summed E-state index contributed by atoms with van der Waals surface area (Å²) >= 11 is 3.50. The van der Waals surface area contributed by atoms with Gasteiger partial charge in [0.25, 0.3) is 0 Å². The van der Waals surface area contributed by atoms with Gasteiger partial charge in [-0.25, -0.2) is 0 Å². The fourth-order valence-electron chi connectivity index (χ4n) is 1.42. The molecule has 0 unspecified atom stereocenters. The number of hydrogen-bond acceptors (Lipinski definition) is 2. The topological polar surface area (TPSA) is 21.3 Å². The molecule has 0 saturated heterocycles. The Hall–Kier alpha value is -0.540. The van der Waals surface area contributed by atoms with Crippen molar-refractivity contribution >= 4 is 15.9 Å². The third-order valence-electron chi connectivity index (χ3n) is 2.19. The summed E-state index contributed by atoms with van der Waals surface area (Å²) in [5.41, 5.74) is 1.29. The molecule has 96 valence electrons. The highest BCUT2D eigenvalue weighted by Gasteiger charge is 2.12. The summed E-state index contributed by atoms with van der Waals surface area (Å²) in [6, 6.07) is 6.14. The van der Waals surface area contributed by atoms with Crippen LogP contribution in [0.2, 0.25) is 0 Å². The molecule has 0 radical (unpaired) electrons. The summed E-state index contributed by atoms with van der Waals surface area (Å²) in [6.07, 6.45) is 0.199. The number of nitrogens with one attached hydrogen (secondary N) is 1. The zero-order valence-corrected chi connectivity index (χ0v) is 12.9. The molecule has 0 aliphatic carbocycles. The van der Waals surface area contributed by atoms with E-state index in [-0.39, 0.29) is 11.6 Å². The van der Waals surface area contributed by atoms with E-state index in [1.807, 2.05) is 26.0 Å². The van der Waals surface area contributed by atoms with Crippen LogP contribution in [0.25, 0.3) is 0 Å². The van der Waals surface area contributed by atoms with Gasteiger partial charge >= 0.3 is 0 Å². The predicted molar refractivity (Wildman–Crippen MR) is 76.5 cm³/mol. The second-order valence-electron chi connectivity index (χ2n) is 5.52. The Morgan fingerprint density at radius 2 is 1.94 bits per heavy atom. The number of ether oxygens (including phenoxy) is 1. The fraction of sp³-hybridized carbons (Fsp3) is 0.571. The van der Waals surface area contributed by atoms with E-state index < -0.39 is 0 Å². The van der Waals surface area contributed by atoms with E-state index in [1.165, 1.54) is 5.56 Å². The molecular formula is C14H22BrNO. The lowest BCUT2D eigenvalue weighted by Gasteiger charge is -2.22. The lowest BCUT2D eigenvalue weighted by atomic mass is 10.1. The average molecular weight is 300 g/mol. The van der Waals surface area contributed by atoms with Crippen LogP contribution < -0.4 is 10.1 Å². The number of benzene rings is 1. The van der Waals surface area contributed by atoms with Crippen molar-refractivity contribution in [3.05, 3.63) is 28.2 Å². The van der Waals surface area contributed by atoms with Gasteiger partial charge in [-0.05, 0) is 52.8 Å². The highest BCUT2D eigenvalue weighted by Crippen LogP contribution is 2.24. The first-order valence-electron chi connectivity index (χ1n) is 5.98. The number of hydrogen-bond donors (Lipinski definition) is 1. The van der Waals surface area contributed by atoms with Crippen molar-refractivity contribution in [1.29, 1.82) is 0 Å². The second-order valence-corrected chi connectivity index (χ2v) is 6.44. The molecule has 0 atom stereocenters. The molecule has 0 fully saturated rings. The molecule has 1 rings (SSSR count). The van der Waals surface area contributed by atoms with E-state index >= 15 is 0 Å². The molecule has 0 aromatic heterocycles. The molecule has 3 heteroatoms. The van der Waals surface area contributed by atoms with Crippen molar-refractivity contribution < 1.29 is 4.74 Å². The summed E-state index contributed by atoms with van der Waals surface area (Å²) < 4.78 is 6.89. The first-order chi connectivity index (χ1) is 7.78. The van der Waals surface area contributed by atoms with Crippen molar-refractivity contribution in [2.75, 3.05) is 0 Å². The largest absolute Gasteiger partial charge is 0.491 e. The lowest BCUT2D eigenvalue weighted by molar-refractivity contribution is 0.238. The Morgan fingerprint density at radius 1 is 1.29 bits per heavy atom. The predicted octanol–water partition coefficient (Wildman–Crippen LogP) is 4.12. The van der Waals surface area contributed by atoms with Gasteiger partial charge < -0.3 is 10.1 Å². The molecule has 0 bridgehead atoms. The van der Waals surface area contributed by atoms with Gasteiger partial charge in [0.2, 0.25) is 0 Å². The zero-order valence-electron chi connectivity index (χ0n) is 11.3. The summed E-state index contributed by atoms with van der Waals surface area (Å²) in [5, 5.41) is 3.48. The summed E-state index contributed by atoms with van der Waals surface area (Å²) in [4.78, 5) is 0. The minimum Gasteiger partial charge on any atom is -0.491 e. The molecule has 0 saturated carbocycles. The van der Waals surface area contributed by atoms with Crippen LogP contribution in [0.5, 0.6) is 5.75 Å². The van der Waals surface area contributed by atoms with Crippen LogP contribution in [0.4, 0.5) is 0 Å². The number of halogens is 1. The van der Waals surface area contributed by atoms with Crippen molar-refractivity contribution in [2.45, 2.75) is 52.8 Å². The van der Waals surface area contributed by atoms with Gasteiger partial charge in [0, 0.05) is 22.1 Å². The third kappa shape index (κ3) is 5.55. The molecular weight excluding hydrogens is 278 g/mol. The quantitative estimate of drug-likeness (QED) is 0.903. The molecule has 1 aromatic rings. The van der Waals surface area contributed by atoms with Crippen LogP contribution in [-0.2, 0) is 6.54 Å². The molecule has 17 heavy (non-hydrogen) atoms. The minimum absolute atomic E-state index is 0.109. The van der Waals surface area contributed by atoms with Crippen molar-refractivity contribution in [3.63, 3.8) is 0 Å². The van der Waals surface area contributed by atoms with Crippen molar-refractivity contribution in [1.82, 2.24) is 5.32 Å². The molecule has 0 amide bonds. The van der Waals surface area contributed by atoms with Gasteiger partial charge in [-0.1, -0.05) is 15.9 Å². The van der Waals surface area contributed by atoms with Gasteiger partial charge in [0.1, 0.15) is 5.75 Å². The van der Waals surface area contributed by atoms with Crippen LogP contribution in [0, 0.1) is 0 Å². The summed E-state index contributed by atoms with van der Waals surface area (Å²) in [5.74, 6) is 0.958. The van der Waals surface area contributed by atoms with E-state index in [2.05, 4.69) is 48.1 Å². The Bertz CT molecular complexity index is 369. The van der Waals surface area contributed by atoms with Crippen LogP contribution in [0.15, 0.2) is 22.7 Å². The maximum absolute atomic E-state index is 5.80. The van der Waals surface area contributed by atoms with Crippen molar-refractivity contribution in [2.24, 2.45) is 0 Å². The first kappa shape index (κ1) is 14.5. The summed E-state index contributed by atoms with van der Waals surface area (Å²) in [7, 11) is 0. The second kappa shape index (κ2) is 5.87. The SMILES string of the molecule is CC(C)Oc1ccc(Br)cc1CNC(C)(C)C. The van der Waals surface area contributed by atoms with E-state index in [1.54, 1.807) is 0 Å². The van der Waals surface area contributed by atoms with Gasteiger partial charge in [-0.2, -0.15) is 0 Å². The first-order valence-corrected chi connectivity index (χ1v) is 6.77. The van der Waals surface area contributed by atoms with E-state index in [0.29, 0.717) is 0 Å². The van der Waals surface area contributed by atoms with E-state index in [4.69, 9.17) is 4.74 Å². The lowest BCUT2D eigenvalue weighted by Crippen LogP contribution is -2.35. The van der Waals surface area contributed by atoms with Crippen LogP contribution in [0.1, 0.15) is 40.2 Å². The molecule has 0 spiro atoms. The van der Waals surface area contributed by atoms with E-state index in [0.717, 1.165) is 16.8 Å². The molecule has 1 N–H and O–H groups in total. The fourth-order valence-corrected chi connectivity index (χ4v) is 1.82. The molecule has 2 nitrogen and oxygen atoms in total. The standard InChI is InChI=1S/C14H22BrNO/c1-10(2)17-13-7-6-12(15)8-11(13)9-16-14(3,4)5/h6-8,10,16H,9H2,1-5H3. The normalized spacial score (nSPS) is 11.9.